The van der Waals surface area contributed by atoms with Crippen molar-refractivity contribution in [2.45, 2.75) is 38.8 Å². The predicted molar refractivity (Wildman–Crippen MR) is 104 cm³/mol. The van der Waals surface area contributed by atoms with Crippen LogP contribution in [-0.2, 0) is 4.79 Å². The van der Waals surface area contributed by atoms with Crippen LogP contribution in [0.15, 0.2) is 48.5 Å². The molecule has 26 heavy (non-hydrogen) atoms. The van der Waals surface area contributed by atoms with E-state index < -0.39 is 6.10 Å². The normalized spacial score (nSPS) is 13.2. The van der Waals surface area contributed by atoms with E-state index in [2.05, 4.69) is 31.3 Å². The molecule has 1 amide bonds. The van der Waals surface area contributed by atoms with Crippen LogP contribution in [0.5, 0.6) is 11.5 Å². The van der Waals surface area contributed by atoms with Crippen LogP contribution in [0.25, 0.3) is 0 Å². The highest BCUT2D eigenvalue weighted by Crippen LogP contribution is 2.19. The van der Waals surface area contributed by atoms with Crippen molar-refractivity contribution in [2.24, 2.45) is 5.73 Å². The topological polar surface area (TPSA) is 73.6 Å². The van der Waals surface area contributed by atoms with Gasteiger partial charge in [0.2, 0.25) is 0 Å². The summed E-state index contributed by atoms with van der Waals surface area (Å²) in [7, 11) is 1.60. The van der Waals surface area contributed by atoms with Gasteiger partial charge in [0.15, 0.2) is 6.10 Å². The quantitative estimate of drug-likeness (QED) is 0.760. The van der Waals surface area contributed by atoms with E-state index >= 15 is 0 Å². The second-order valence-electron chi connectivity index (χ2n) is 6.61. The largest absolute Gasteiger partial charge is 0.497 e. The molecule has 5 heteroatoms. The zero-order chi connectivity index (χ0) is 19.1. The highest BCUT2D eigenvalue weighted by atomic mass is 16.5. The number of hydrogen-bond acceptors (Lipinski definition) is 4. The first-order valence-corrected chi connectivity index (χ1v) is 8.84. The molecule has 0 fully saturated rings. The molecule has 0 aliphatic heterocycles. The molecule has 2 unspecified atom stereocenters. The van der Waals surface area contributed by atoms with Gasteiger partial charge in [-0.3, -0.25) is 4.79 Å². The summed E-state index contributed by atoms with van der Waals surface area (Å²) in [5.74, 6) is 1.64. The van der Waals surface area contributed by atoms with E-state index in [9.17, 15) is 4.79 Å². The molecule has 0 heterocycles. The minimum Gasteiger partial charge on any atom is -0.497 e. The number of methoxy groups -OCH3 is 1. The maximum absolute atomic E-state index is 12.2. The summed E-state index contributed by atoms with van der Waals surface area (Å²) in [5, 5.41) is 2.85. The fraction of sp³-hybridized carbons (Fsp3) is 0.381. The maximum atomic E-state index is 12.2. The lowest BCUT2D eigenvalue weighted by atomic mass is 9.99. The molecule has 0 aliphatic rings. The molecule has 2 aromatic carbocycles. The summed E-state index contributed by atoms with van der Waals surface area (Å²) in [4.78, 5) is 12.2. The highest BCUT2D eigenvalue weighted by Gasteiger charge is 2.16. The van der Waals surface area contributed by atoms with Gasteiger partial charge in [0, 0.05) is 12.6 Å². The Hall–Kier alpha value is -2.53. The van der Waals surface area contributed by atoms with Crippen LogP contribution in [-0.4, -0.2) is 25.7 Å². The number of carbonyl (C=O) groups is 1. The lowest BCUT2D eigenvalue weighted by molar-refractivity contribution is -0.127. The molecule has 2 rings (SSSR count). The van der Waals surface area contributed by atoms with Gasteiger partial charge in [-0.05, 0) is 48.2 Å². The Morgan fingerprint density at radius 2 is 1.50 bits per heavy atom. The molecule has 5 nitrogen and oxygen atoms in total. The summed E-state index contributed by atoms with van der Waals surface area (Å²) in [6.45, 7) is 6.37. The summed E-state index contributed by atoms with van der Waals surface area (Å²) >= 11 is 0. The zero-order valence-corrected chi connectivity index (χ0v) is 15.9. The fourth-order valence-corrected chi connectivity index (χ4v) is 2.51. The number of nitrogens with two attached hydrogens (primary N) is 1. The molecule has 2 atom stereocenters. The molecule has 0 spiro atoms. The van der Waals surface area contributed by atoms with Crippen LogP contribution in [0.4, 0.5) is 0 Å². The van der Waals surface area contributed by atoms with Crippen molar-refractivity contribution in [1.29, 1.82) is 0 Å². The van der Waals surface area contributed by atoms with Crippen molar-refractivity contribution >= 4 is 5.91 Å². The SMILES string of the molecule is COc1ccc(OC(C)C(=O)NCC(N)c2ccc(C(C)C)cc2)cc1. The van der Waals surface area contributed by atoms with Crippen LogP contribution < -0.4 is 20.5 Å². The molecule has 2 aromatic rings. The van der Waals surface area contributed by atoms with Gasteiger partial charge in [-0.1, -0.05) is 38.1 Å². The van der Waals surface area contributed by atoms with Gasteiger partial charge in [-0.2, -0.15) is 0 Å². The first-order valence-electron chi connectivity index (χ1n) is 8.84. The molecule has 0 saturated heterocycles. The summed E-state index contributed by atoms with van der Waals surface area (Å²) in [6.07, 6.45) is -0.612. The highest BCUT2D eigenvalue weighted by molar-refractivity contribution is 5.80. The van der Waals surface area contributed by atoms with Crippen LogP contribution in [0.2, 0.25) is 0 Å². The number of nitrogens with one attached hydrogen (secondary N) is 1. The van der Waals surface area contributed by atoms with Crippen molar-refractivity contribution in [2.75, 3.05) is 13.7 Å². The molecule has 0 aliphatic carbocycles. The van der Waals surface area contributed by atoms with Crippen LogP contribution in [0.1, 0.15) is 43.9 Å². The summed E-state index contributed by atoms with van der Waals surface area (Å²) in [6, 6.07) is 15.1. The first kappa shape index (κ1) is 19.8. The van der Waals surface area contributed by atoms with Gasteiger partial charge in [0.05, 0.1) is 7.11 Å². The van der Waals surface area contributed by atoms with E-state index in [1.807, 2.05) is 12.1 Å². The maximum Gasteiger partial charge on any atom is 0.260 e. The third-order valence-corrected chi connectivity index (χ3v) is 4.27. The van der Waals surface area contributed by atoms with E-state index in [0.29, 0.717) is 18.2 Å². The van der Waals surface area contributed by atoms with Gasteiger partial charge >= 0.3 is 0 Å². The molecule has 0 aromatic heterocycles. The van der Waals surface area contributed by atoms with E-state index in [0.717, 1.165) is 11.3 Å². The van der Waals surface area contributed by atoms with E-state index in [-0.39, 0.29) is 11.9 Å². The Morgan fingerprint density at radius 3 is 2.04 bits per heavy atom. The Labute approximate surface area is 155 Å². The number of carbonyl (C=O) groups excluding carboxylic acids is 1. The Bertz CT molecular complexity index is 696. The molecule has 140 valence electrons. The van der Waals surface area contributed by atoms with Gasteiger partial charge < -0.3 is 20.5 Å². The number of hydrogen-bond donors (Lipinski definition) is 2. The van der Waals surface area contributed by atoms with Crippen molar-refractivity contribution in [3.63, 3.8) is 0 Å². The minimum absolute atomic E-state index is 0.199. The number of rotatable bonds is 8. The van der Waals surface area contributed by atoms with Gasteiger partial charge in [-0.15, -0.1) is 0 Å². The lowest BCUT2D eigenvalue weighted by Crippen LogP contribution is -2.39. The second-order valence-corrected chi connectivity index (χ2v) is 6.61. The average molecular weight is 356 g/mol. The van der Waals surface area contributed by atoms with E-state index in [1.165, 1.54) is 5.56 Å². The number of ether oxygens (including phenoxy) is 2. The van der Waals surface area contributed by atoms with E-state index in [1.54, 1.807) is 38.3 Å². The van der Waals surface area contributed by atoms with Crippen molar-refractivity contribution < 1.29 is 14.3 Å². The Balaban J connectivity index is 1.84. The molecular weight excluding hydrogens is 328 g/mol. The number of amides is 1. The number of benzene rings is 2. The monoisotopic (exact) mass is 356 g/mol. The van der Waals surface area contributed by atoms with Crippen LogP contribution >= 0.6 is 0 Å². The first-order chi connectivity index (χ1) is 12.4. The van der Waals surface area contributed by atoms with Gasteiger partial charge in [0.1, 0.15) is 11.5 Å². The molecule has 0 saturated carbocycles. The second kappa shape index (κ2) is 9.25. The minimum atomic E-state index is -0.612. The van der Waals surface area contributed by atoms with Crippen LogP contribution in [0, 0.1) is 0 Å². The molecular formula is C21H28N2O3. The van der Waals surface area contributed by atoms with Crippen molar-refractivity contribution in [3.05, 3.63) is 59.7 Å². The third kappa shape index (κ3) is 5.49. The van der Waals surface area contributed by atoms with Crippen molar-refractivity contribution in [1.82, 2.24) is 5.32 Å². The van der Waals surface area contributed by atoms with E-state index in [4.69, 9.17) is 15.2 Å². The summed E-state index contributed by atoms with van der Waals surface area (Å²) < 4.78 is 10.7. The van der Waals surface area contributed by atoms with Crippen LogP contribution in [0.3, 0.4) is 0 Å². The molecule has 3 N–H and O–H groups in total. The third-order valence-electron chi connectivity index (χ3n) is 4.27. The standard InChI is InChI=1S/C21H28N2O3/c1-14(2)16-5-7-17(8-6-16)20(22)13-23-21(24)15(3)26-19-11-9-18(25-4)10-12-19/h5-12,14-15,20H,13,22H2,1-4H3,(H,23,24). The molecule has 0 bridgehead atoms. The zero-order valence-electron chi connectivity index (χ0n) is 15.9. The van der Waals surface area contributed by atoms with Gasteiger partial charge in [0.25, 0.3) is 5.91 Å². The molecule has 0 radical (unpaired) electrons. The predicted octanol–water partition coefficient (Wildman–Crippen LogP) is 3.40. The summed E-state index contributed by atoms with van der Waals surface area (Å²) in [5.41, 5.74) is 8.45. The smallest absolute Gasteiger partial charge is 0.260 e. The Morgan fingerprint density at radius 1 is 0.962 bits per heavy atom. The van der Waals surface area contributed by atoms with Crippen molar-refractivity contribution in [3.8, 4) is 11.5 Å². The Kier molecular flexibility index (Phi) is 7.04. The fourth-order valence-electron chi connectivity index (χ4n) is 2.51. The lowest BCUT2D eigenvalue weighted by Gasteiger charge is -2.18. The van der Waals surface area contributed by atoms with Gasteiger partial charge in [-0.25, -0.2) is 0 Å². The average Bonchev–Trinajstić information content (AvgIpc) is 2.66.